The van der Waals surface area contributed by atoms with Crippen molar-refractivity contribution in [1.82, 2.24) is 0 Å². The molecule has 0 aliphatic heterocycles. The molecule has 2 unspecified atom stereocenters. The van der Waals surface area contributed by atoms with Crippen LogP contribution in [0.15, 0.2) is 15.9 Å². The van der Waals surface area contributed by atoms with Crippen LogP contribution in [0.4, 0.5) is 0 Å². The maximum atomic E-state index is 9.65. The van der Waals surface area contributed by atoms with Crippen molar-refractivity contribution in [3.63, 3.8) is 0 Å². The first-order valence-corrected chi connectivity index (χ1v) is 6.34. The van der Waals surface area contributed by atoms with Crippen LogP contribution >= 0.6 is 27.3 Å². The van der Waals surface area contributed by atoms with E-state index in [1.165, 1.54) is 0 Å². The molecule has 14 heavy (non-hydrogen) atoms. The third kappa shape index (κ3) is 3.69. The number of halogens is 1. The standard InChI is InChI=1S/C10H15BrO2S/c1-2-3-8(12)9(13)6-7-4-5-10(11)14-7/h4-5,8-9,12-13H,2-3,6H2,1H3. The van der Waals surface area contributed by atoms with Crippen LogP contribution < -0.4 is 0 Å². The summed E-state index contributed by atoms with van der Waals surface area (Å²) >= 11 is 4.96. The van der Waals surface area contributed by atoms with Gasteiger partial charge in [0.1, 0.15) is 0 Å². The normalized spacial score (nSPS) is 15.4. The smallest absolute Gasteiger partial charge is 0.0847 e. The Kier molecular flexibility index (Phi) is 5.09. The predicted molar refractivity (Wildman–Crippen MR) is 62.6 cm³/mol. The molecule has 2 N–H and O–H groups in total. The first-order valence-electron chi connectivity index (χ1n) is 4.73. The van der Waals surface area contributed by atoms with E-state index in [2.05, 4.69) is 15.9 Å². The number of aliphatic hydroxyl groups excluding tert-OH is 2. The van der Waals surface area contributed by atoms with Gasteiger partial charge in [-0.3, -0.25) is 0 Å². The van der Waals surface area contributed by atoms with Crippen molar-refractivity contribution in [3.8, 4) is 0 Å². The minimum absolute atomic E-state index is 0.539. The molecule has 0 saturated carbocycles. The highest BCUT2D eigenvalue weighted by Crippen LogP contribution is 2.23. The average molecular weight is 279 g/mol. The molecule has 0 radical (unpaired) electrons. The molecule has 80 valence electrons. The summed E-state index contributed by atoms with van der Waals surface area (Å²) in [7, 11) is 0. The molecule has 0 spiro atoms. The van der Waals surface area contributed by atoms with Gasteiger partial charge in [-0.15, -0.1) is 11.3 Å². The van der Waals surface area contributed by atoms with E-state index in [9.17, 15) is 10.2 Å². The van der Waals surface area contributed by atoms with Gasteiger partial charge in [-0.05, 0) is 34.5 Å². The molecule has 1 aromatic heterocycles. The zero-order valence-corrected chi connectivity index (χ0v) is 10.5. The molecule has 0 aromatic carbocycles. The highest BCUT2D eigenvalue weighted by molar-refractivity contribution is 9.11. The molecule has 0 bridgehead atoms. The van der Waals surface area contributed by atoms with Crippen LogP contribution in [0.1, 0.15) is 24.6 Å². The zero-order chi connectivity index (χ0) is 10.6. The van der Waals surface area contributed by atoms with Crippen molar-refractivity contribution in [3.05, 3.63) is 20.8 Å². The van der Waals surface area contributed by atoms with E-state index >= 15 is 0 Å². The Hall–Kier alpha value is 0.1000. The van der Waals surface area contributed by atoms with E-state index in [0.717, 1.165) is 15.1 Å². The van der Waals surface area contributed by atoms with Crippen molar-refractivity contribution in [2.75, 3.05) is 0 Å². The van der Waals surface area contributed by atoms with Gasteiger partial charge in [-0.2, -0.15) is 0 Å². The van der Waals surface area contributed by atoms with E-state index in [0.29, 0.717) is 12.8 Å². The summed E-state index contributed by atoms with van der Waals surface area (Å²) in [6, 6.07) is 3.93. The van der Waals surface area contributed by atoms with Gasteiger partial charge in [0, 0.05) is 11.3 Å². The van der Waals surface area contributed by atoms with E-state index in [1.807, 2.05) is 19.1 Å². The van der Waals surface area contributed by atoms with E-state index in [4.69, 9.17) is 0 Å². The topological polar surface area (TPSA) is 40.5 Å². The molecule has 0 fully saturated rings. The van der Waals surface area contributed by atoms with Crippen molar-refractivity contribution in [2.45, 2.75) is 38.4 Å². The third-order valence-corrected chi connectivity index (χ3v) is 3.71. The molecule has 4 heteroatoms. The molecular weight excluding hydrogens is 264 g/mol. The second-order valence-electron chi connectivity index (χ2n) is 3.33. The van der Waals surface area contributed by atoms with Gasteiger partial charge < -0.3 is 10.2 Å². The quantitative estimate of drug-likeness (QED) is 0.869. The number of hydrogen-bond donors (Lipinski definition) is 2. The first-order chi connectivity index (χ1) is 6.63. The largest absolute Gasteiger partial charge is 0.390 e. The van der Waals surface area contributed by atoms with Crippen LogP contribution in [-0.4, -0.2) is 22.4 Å². The SMILES string of the molecule is CCCC(O)C(O)Cc1ccc(Br)s1. The summed E-state index contributed by atoms with van der Waals surface area (Å²) in [5.41, 5.74) is 0. The lowest BCUT2D eigenvalue weighted by Crippen LogP contribution is -2.27. The second-order valence-corrected chi connectivity index (χ2v) is 5.88. The summed E-state index contributed by atoms with van der Waals surface area (Å²) in [6.45, 7) is 2.00. The molecule has 0 aliphatic carbocycles. The summed E-state index contributed by atoms with van der Waals surface area (Å²) < 4.78 is 1.06. The van der Waals surface area contributed by atoms with E-state index in [-0.39, 0.29) is 0 Å². The van der Waals surface area contributed by atoms with Crippen LogP contribution in [0.2, 0.25) is 0 Å². The summed E-state index contributed by atoms with van der Waals surface area (Å²) in [4.78, 5) is 1.10. The maximum Gasteiger partial charge on any atom is 0.0847 e. The molecule has 0 aliphatic rings. The Morgan fingerprint density at radius 2 is 2.07 bits per heavy atom. The van der Waals surface area contributed by atoms with Crippen molar-refractivity contribution in [1.29, 1.82) is 0 Å². The van der Waals surface area contributed by atoms with Crippen LogP contribution in [0, 0.1) is 0 Å². The van der Waals surface area contributed by atoms with Gasteiger partial charge in [-0.1, -0.05) is 13.3 Å². The number of rotatable bonds is 5. The summed E-state index contributed by atoms with van der Waals surface area (Å²) in [6.07, 6.45) is 0.860. The lowest BCUT2D eigenvalue weighted by atomic mass is 10.1. The lowest BCUT2D eigenvalue weighted by Gasteiger charge is -2.15. The number of hydrogen-bond acceptors (Lipinski definition) is 3. The fraction of sp³-hybridized carbons (Fsp3) is 0.600. The van der Waals surface area contributed by atoms with Crippen LogP contribution in [0.25, 0.3) is 0 Å². The molecule has 2 nitrogen and oxygen atoms in total. The molecule has 1 heterocycles. The van der Waals surface area contributed by atoms with Gasteiger partial charge in [0.2, 0.25) is 0 Å². The van der Waals surface area contributed by atoms with Crippen molar-refractivity contribution >= 4 is 27.3 Å². The highest BCUT2D eigenvalue weighted by atomic mass is 79.9. The Morgan fingerprint density at radius 1 is 1.36 bits per heavy atom. The maximum absolute atomic E-state index is 9.65. The average Bonchev–Trinajstić information content (AvgIpc) is 2.51. The van der Waals surface area contributed by atoms with Gasteiger partial charge in [0.15, 0.2) is 0 Å². The first kappa shape index (κ1) is 12.2. The minimum atomic E-state index is -0.638. The van der Waals surface area contributed by atoms with Gasteiger partial charge in [0.05, 0.1) is 16.0 Å². The molecule has 2 atom stereocenters. The van der Waals surface area contributed by atoms with Gasteiger partial charge in [0.25, 0.3) is 0 Å². The van der Waals surface area contributed by atoms with Gasteiger partial charge in [-0.25, -0.2) is 0 Å². The zero-order valence-electron chi connectivity index (χ0n) is 8.11. The lowest BCUT2D eigenvalue weighted by molar-refractivity contribution is 0.0153. The fourth-order valence-electron chi connectivity index (χ4n) is 1.29. The monoisotopic (exact) mass is 278 g/mol. The Bertz CT molecular complexity index is 275. The molecule has 1 aromatic rings. The van der Waals surface area contributed by atoms with E-state index in [1.54, 1.807) is 11.3 Å². The van der Waals surface area contributed by atoms with E-state index < -0.39 is 12.2 Å². The third-order valence-electron chi connectivity index (χ3n) is 2.07. The van der Waals surface area contributed by atoms with Crippen molar-refractivity contribution < 1.29 is 10.2 Å². The van der Waals surface area contributed by atoms with Crippen LogP contribution in [0.3, 0.4) is 0 Å². The molecule has 0 amide bonds. The highest BCUT2D eigenvalue weighted by Gasteiger charge is 2.16. The Morgan fingerprint density at radius 3 is 2.57 bits per heavy atom. The van der Waals surface area contributed by atoms with Gasteiger partial charge >= 0.3 is 0 Å². The molecule has 1 rings (SSSR count). The van der Waals surface area contributed by atoms with Crippen LogP contribution in [-0.2, 0) is 6.42 Å². The Balaban J connectivity index is 2.43. The predicted octanol–water partition coefficient (Wildman–Crippen LogP) is 2.58. The summed E-state index contributed by atoms with van der Waals surface area (Å²) in [5, 5.41) is 19.2. The number of aliphatic hydroxyl groups is 2. The fourth-order valence-corrected chi connectivity index (χ4v) is 2.82. The molecular formula is C10H15BrO2S. The minimum Gasteiger partial charge on any atom is -0.390 e. The summed E-state index contributed by atoms with van der Waals surface area (Å²) in [5.74, 6) is 0. The second kappa shape index (κ2) is 5.85. The van der Waals surface area contributed by atoms with Crippen molar-refractivity contribution in [2.24, 2.45) is 0 Å². The van der Waals surface area contributed by atoms with Crippen LogP contribution in [0.5, 0.6) is 0 Å². The molecule has 0 saturated heterocycles. The Labute approximate surface area is 96.7 Å². The number of thiophene rings is 1.